The van der Waals surface area contributed by atoms with Crippen LogP contribution in [0.4, 0.5) is 0 Å². The van der Waals surface area contributed by atoms with Crippen molar-refractivity contribution >= 4 is 17.5 Å². The summed E-state index contributed by atoms with van der Waals surface area (Å²) in [5.41, 5.74) is 5.63. The van der Waals surface area contributed by atoms with Gasteiger partial charge < -0.3 is 4.74 Å². The highest BCUT2D eigenvalue weighted by molar-refractivity contribution is 6.09. The lowest BCUT2D eigenvalue weighted by atomic mass is 9.69. The molecule has 0 aromatic heterocycles. The van der Waals surface area contributed by atoms with Crippen LogP contribution in [0.5, 0.6) is 0 Å². The first-order valence-electron chi connectivity index (χ1n) is 11.6. The van der Waals surface area contributed by atoms with E-state index in [4.69, 9.17) is 9.73 Å². The van der Waals surface area contributed by atoms with Gasteiger partial charge in [0, 0.05) is 29.3 Å². The van der Waals surface area contributed by atoms with Crippen LogP contribution in [-0.4, -0.2) is 24.1 Å². The van der Waals surface area contributed by atoms with Crippen LogP contribution in [-0.2, 0) is 20.7 Å². The monoisotopic (exact) mass is 429 g/mol. The maximum absolute atomic E-state index is 13.5. The summed E-state index contributed by atoms with van der Waals surface area (Å²) in [6, 6.07) is 18.5. The Hall–Kier alpha value is -3.01. The van der Waals surface area contributed by atoms with E-state index in [-0.39, 0.29) is 23.6 Å². The second-order valence-corrected chi connectivity index (χ2v) is 8.77. The number of ketones is 1. The average Bonchev–Trinajstić information content (AvgIpc) is 2.82. The lowest BCUT2D eigenvalue weighted by Gasteiger charge is -2.36. The van der Waals surface area contributed by atoms with Crippen LogP contribution in [0.15, 0.2) is 70.9 Å². The molecule has 0 saturated carbocycles. The fourth-order valence-corrected chi connectivity index (χ4v) is 4.94. The number of esters is 1. The predicted molar refractivity (Wildman–Crippen MR) is 127 cm³/mol. The fourth-order valence-electron chi connectivity index (χ4n) is 4.94. The Labute approximate surface area is 190 Å². The molecule has 0 N–H and O–H groups in total. The van der Waals surface area contributed by atoms with Crippen molar-refractivity contribution in [2.45, 2.75) is 58.3 Å². The third-order valence-corrected chi connectivity index (χ3v) is 6.61. The molecule has 0 saturated heterocycles. The Bertz CT molecular complexity index is 1050. The normalized spacial score (nSPS) is 22.9. The zero-order valence-electron chi connectivity index (χ0n) is 19.1. The van der Waals surface area contributed by atoms with Crippen LogP contribution in [0.25, 0.3) is 0 Å². The first kappa shape index (κ1) is 22.2. The molecule has 32 heavy (non-hydrogen) atoms. The number of carbonyl (C=O) groups excluding carboxylic acids is 2. The van der Waals surface area contributed by atoms with E-state index >= 15 is 0 Å². The van der Waals surface area contributed by atoms with Gasteiger partial charge in [0.05, 0.1) is 6.61 Å². The molecule has 1 aliphatic carbocycles. The van der Waals surface area contributed by atoms with Crippen LogP contribution >= 0.6 is 0 Å². The van der Waals surface area contributed by atoms with Crippen LogP contribution in [0.1, 0.15) is 68.6 Å². The van der Waals surface area contributed by atoms with Gasteiger partial charge in [0.1, 0.15) is 5.92 Å². The summed E-state index contributed by atoms with van der Waals surface area (Å²) in [5, 5.41) is 0. The van der Waals surface area contributed by atoms with Gasteiger partial charge in [0.2, 0.25) is 0 Å². The van der Waals surface area contributed by atoms with Crippen molar-refractivity contribution in [3.63, 3.8) is 0 Å². The molecular weight excluding hydrogens is 398 g/mol. The van der Waals surface area contributed by atoms with E-state index in [0.717, 1.165) is 35.4 Å². The zero-order chi connectivity index (χ0) is 22.7. The maximum atomic E-state index is 13.5. The van der Waals surface area contributed by atoms with E-state index in [2.05, 4.69) is 43.3 Å². The van der Waals surface area contributed by atoms with E-state index in [9.17, 15) is 9.59 Å². The number of Topliss-reactive ketones (excluding diaryl/α,β-unsaturated/α-hetero) is 1. The Morgan fingerprint density at radius 1 is 1.00 bits per heavy atom. The molecule has 2 aliphatic rings. The zero-order valence-corrected chi connectivity index (χ0v) is 19.1. The molecular formula is C28H31NO3. The highest BCUT2D eigenvalue weighted by atomic mass is 16.5. The molecule has 4 nitrogen and oxygen atoms in total. The number of nitrogens with zero attached hydrogens (tertiary/aromatic N) is 1. The Balaban J connectivity index is 1.77. The van der Waals surface area contributed by atoms with Crippen molar-refractivity contribution in [2.24, 2.45) is 10.9 Å². The van der Waals surface area contributed by atoms with Gasteiger partial charge in [-0.15, -0.1) is 0 Å². The first-order valence-corrected chi connectivity index (χ1v) is 11.6. The maximum Gasteiger partial charge on any atom is 0.315 e. The summed E-state index contributed by atoms with van der Waals surface area (Å²) >= 11 is 0. The van der Waals surface area contributed by atoms with Gasteiger partial charge in [-0.1, -0.05) is 68.4 Å². The Morgan fingerprint density at radius 2 is 1.72 bits per heavy atom. The Kier molecular flexibility index (Phi) is 6.69. The summed E-state index contributed by atoms with van der Waals surface area (Å²) < 4.78 is 5.55. The predicted octanol–water partition coefficient (Wildman–Crippen LogP) is 5.78. The number of aryl methyl sites for hydroxylation is 1. The molecule has 3 atom stereocenters. The lowest BCUT2D eigenvalue weighted by Crippen LogP contribution is -2.38. The first-order chi connectivity index (χ1) is 15.5. The topological polar surface area (TPSA) is 55.7 Å². The minimum absolute atomic E-state index is 0.0919. The van der Waals surface area contributed by atoms with E-state index in [1.165, 1.54) is 5.56 Å². The molecule has 0 amide bonds. The van der Waals surface area contributed by atoms with Crippen molar-refractivity contribution in [3.05, 3.63) is 82.6 Å². The summed E-state index contributed by atoms with van der Waals surface area (Å²) in [4.78, 5) is 31.5. The lowest BCUT2D eigenvalue weighted by molar-refractivity contribution is -0.146. The van der Waals surface area contributed by atoms with Crippen molar-refractivity contribution in [2.75, 3.05) is 6.61 Å². The van der Waals surface area contributed by atoms with Gasteiger partial charge in [-0.05, 0) is 48.8 Å². The van der Waals surface area contributed by atoms with Gasteiger partial charge in [-0.3, -0.25) is 14.6 Å². The number of ether oxygens (including phenoxy) is 1. The Morgan fingerprint density at radius 3 is 2.38 bits per heavy atom. The van der Waals surface area contributed by atoms with Gasteiger partial charge >= 0.3 is 5.97 Å². The number of aliphatic imine (C=N–C) groups is 1. The third-order valence-electron chi connectivity index (χ3n) is 6.61. The summed E-state index contributed by atoms with van der Waals surface area (Å²) in [6.07, 6.45) is 2.86. The molecule has 0 bridgehead atoms. The molecule has 2 aromatic rings. The number of hydrogen-bond acceptors (Lipinski definition) is 4. The number of hydrogen-bond donors (Lipinski definition) is 0. The molecule has 4 heteroatoms. The second-order valence-electron chi connectivity index (χ2n) is 8.77. The smallest absolute Gasteiger partial charge is 0.315 e. The summed E-state index contributed by atoms with van der Waals surface area (Å²) in [5.74, 6) is -0.992. The third kappa shape index (κ3) is 4.32. The van der Waals surface area contributed by atoms with Crippen LogP contribution in [0.2, 0.25) is 0 Å². The molecule has 4 rings (SSSR count). The van der Waals surface area contributed by atoms with Crippen LogP contribution < -0.4 is 0 Å². The minimum Gasteiger partial charge on any atom is -0.465 e. The van der Waals surface area contributed by atoms with Crippen molar-refractivity contribution in [1.29, 1.82) is 0 Å². The van der Waals surface area contributed by atoms with E-state index in [1.54, 1.807) is 0 Å². The largest absolute Gasteiger partial charge is 0.465 e. The molecule has 166 valence electrons. The van der Waals surface area contributed by atoms with Crippen molar-refractivity contribution < 1.29 is 14.3 Å². The molecule has 0 radical (unpaired) electrons. The van der Waals surface area contributed by atoms with E-state index < -0.39 is 5.92 Å². The fraction of sp³-hybridized carbons (Fsp3) is 0.393. The second kappa shape index (κ2) is 9.64. The summed E-state index contributed by atoms with van der Waals surface area (Å²) in [7, 11) is 0. The van der Waals surface area contributed by atoms with Gasteiger partial charge in [-0.2, -0.15) is 0 Å². The standard InChI is InChI=1S/C28H31NO3/c1-4-15-32-28(31)25-18(3)29-23-16-22(20-9-7-6-8-10-20)17-24(30)27(23)26(25)21-13-11-19(5-2)12-14-21/h6-14,22,25-26H,4-5,15-17H2,1-3H3. The van der Waals surface area contributed by atoms with Crippen LogP contribution in [0, 0.1) is 5.92 Å². The number of allylic oxidation sites excluding steroid dienone is 2. The minimum atomic E-state index is -0.565. The highest BCUT2D eigenvalue weighted by Gasteiger charge is 2.44. The molecule has 0 spiro atoms. The van der Waals surface area contributed by atoms with Crippen LogP contribution in [0.3, 0.4) is 0 Å². The van der Waals surface area contributed by atoms with Gasteiger partial charge in [-0.25, -0.2) is 0 Å². The number of benzene rings is 2. The SMILES string of the molecule is CCCOC(=O)C1C(C)=NC2=C(C(=O)CC(c3ccccc3)C2)C1c1ccc(CC)cc1. The number of carbonyl (C=O) groups is 2. The highest BCUT2D eigenvalue weighted by Crippen LogP contribution is 2.46. The average molecular weight is 430 g/mol. The molecule has 3 unspecified atom stereocenters. The molecule has 0 fully saturated rings. The molecule has 2 aromatic carbocycles. The van der Waals surface area contributed by atoms with E-state index in [1.807, 2.05) is 32.0 Å². The summed E-state index contributed by atoms with van der Waals surface area (Å²) in [6.45, 7) is 6.36. The van der Waals surface area contributed by atoms with Crippen molar-refractivity contribution in [3.8, 4) is 0 Å². The van der Waals surface area contributed by atoms with Gasteiger partial charge in [0.15, 0.2) is 5.78 Å². The van der Waals surface area contributed by atoms with E-state index in [0.29, 0.717) is 25.0 Å². The molecule has 1 heterocycles. The van der Waals surface area contributed by atoms with Gasteiger partial charge in [0.25, 0.3) is 0 Å². The quantitative estimate of drug-likeness (QED) is 0.547. The molecule has 1 aliphatic heterocycles. The number of rotatable bonds is 6. The van der Waals surface area contributed by atoms with Crippen molar-refractivity contribution in [1.82, 2.24) is 0 Å².